The van der Waals surface area contributed by atoms with E-state index in [1.807, 2.05) is 13.8 Å². The number of furan rings is 1. The third-order valence-electron chi connectivity index (χ3n) is 6.04. The first-order valence-corrected chi connectivity index (χ1v) is 11.8. The predicted molar refractivity (Wildman–Crippen MR) is 111 cm³/mol. The van der Waals surface area contributed by atoms with Gasteiger partial charge in [-0.15, -0.1) is 0 Å². The summed E-state index contributed by atoms with van der Waals surface area (Å²) in [5.74, 6) is -0.703. The number of amides is 1. The molecule has 2 aliphatic heterocycles. The molecule has 1 aromatic heterocycles. The van der Waals surface area contributed by atoms with Gasteiger partial charge in [-0.25, -0.2) is 8.42 Å². The van der Waals surface area contributed by atoms with Gasteiger partial charge in [-0.05, 0) is 38.5 Å². The van der Waals surface area contributed by atoms with E-state index >= 15 is 0 Å². The maximum Gasteiger partial charge on any atom is 0.287 e. The topological polar surface area (TPSA) is 98.1 Å². The SMILES string of the molecule is CC[C@@H](C)NC(=O)c1oc2ccc(S(=O)(=O)N3CCC4(CC3)OCCO4)cc2c1C. The molecule has 0 saturated carbocycles. The Balaban J connectivity index is 1.58. The van der Waals surface area contributed by atoms with Crippen LogP contribution < -0.4 is 5.32 Å². The van der Waals surface area contributed by atoms with E-state index < -0.39 is 15.8 Å². The second-order valence-electron chi connectivity index (χ2n) is 8.01. The summed E-state index contributed by atoms with van der Waals surface area (Å²) in [6.45, 7) is 7.46. The van der Waals surface area contributed by atoms with Crippen LogP contribution in [0.2, 0.25) is 0 Å². The number of nitrogens with zero attached hydrogens (tertiary/aromatic N) is 1. The second kappa shape index (κ2) is 7.96. The molecule has 1 amide bonds. The maximum absolute atomic E-state index is 13.2. The summed E-state index contributed by atoms with van der Waals surface area (Å²) in [6.07, 6.45) is 1.83. The number of carbonyl (C=O) groups excluding carboxylic acids is 1. The van der Waals surface area contributed by atoms with E-state index in [1.54, 1.807) is 19.1 Å². The van der Waals surface area contributed by atoms with Crippen molar-refractivity contribution in [3.8, 4) is 0 Å². The highest BCUT2D eigenvalue weighted by atomic mass is 32.2. The third-order valence-corrected chi connectivity index (χ3v) is 7.93. The van der Waals surface area contributed by atoms with E-state index in [2.05, 4.69) is 5.32 Å². The Morgan fingerprint density at radius 2 is 1.90 bits per heavy atom. The summed E-state index contributed by atoms with van der Waals surface area (Å²) < 4.78 is 45.0. The van der Waals surface area contributed by atoms with Crippen LogP contribution in [0.25, 0.3) is 11.0 Å². The van der Waals surface area contributed by atoms with Crippen molar-refractivity contribution in [1.29, 1.82) is 0 Å². The highest BCUT2D eigenvalue weighted by molar-refractivity contribution is 7.89. The minimum atomic E-state index is -3.67. The first-order valence-electron chi connectivity index (χ1n) is 10.4. The normalized spacial score (nSPS) is 20.6. The van der Waals surface area contributed by atoms with Crippen molar-refractivity contribution in [2.45, 2.75) is 56.8 Å². The lowest BCUT2D eigenvalue weighted by Gasteiger charge is -2.36. The average Bonchev–Trinajstić information content (AvgIpc) is 3.32. The number of aryl methyl sites for hydroxylation is 1. The van der Waals surface area contributed by atoms with Gasteiger partial charge in [-0.2, -0.15) is 4.31 Å². The molecule has 4 rings (SSSR count). The molecule has 30 heavy (non-hydrogen) atoms. The lowest BCUT2D eigenvalue weighted by molar-refractivity contribution is -0.179. The Morgan fingerprint density at radius 1 is 1.23 bits per heavy atom. The van der Waals surface area contributed by atoms with Gasteiger partial charge in [0.05, 0.1) is 18.1 Å². The minimum absolute atomic E-state index is 0.0243. The fourth-order valence-electron chi connectivity index (χ4n) is 3.97. The van der Waals surface area contributed by atoms with Crippen molar-refractivity contribution in [3.63, 3.8) is 0 Å². The molecule has 8 nitrogen and oxygen atoms in total. The summed E-state index contributed by atoms with van der Waals surface area (Å²) in [5.41, 5.74) is 1.12. The molecule has 1 N–H and O–H groups in total. The fourth-order valence-corrected chi connectivity index (χ4v) is 5.44. The highest BCUT2D eigenvalue weighted by Gasteiger charge is 2.42. The highest BCUT2D eigenvalue weighted by Crippen LogP contribution is 2.34. The van der Waals surface area contributed by atoms with Crippen molar-refractivity contribution in [3.05, 3.63) is 29.5 Å². The molecule has 1 aromatic carbocycles. The van der Waals surface area contributed by atoms with Gasteiger partial charge in [0.1, 0.15) is 5.58 Å². The molecule has 0 unspecified atom stereocenters. The van der Waals surface area contributed by atoms with Gasteiger partial charge in [0.25, 0.3) is 5.91 Å². The van der Waals surface area contributed by atoms with E-state index in [-0.39, 0.29) is 22.6 Å². The summed E-state index contributed by atoms with van der Waals surface area (Å²) in [5, 5.41) is 3.51. The van der Waals surface area contributed by atoms with Crippen molar-refractivity contribution in [1.82, 2.24) is 9.62 Å². The number of rotatable bonds is 5. The Morgan fingerprint density at radius 3 is 2.53 bits per heavy atom. The van der Waals surface area contributed by atoms with Crippen LogP contribution in [0.4, 0.5) is 0 Å². The molecule has 3 heterocycles. The number of nitrogens with one attached hydrogen (secondary N) is 1. The van der Waals surface area contributed by atoms with E-state index in [0.717, 1.165) is 6.42 Å². The summed E-state index contributed by atoms with van der Waals surface area (Å²) in [7, 11) is -3.67. The number of carbonyl (C=O) groups is 1. The van der Waals surface area contributed by atoms with E-state index in [4.69, 9.17) is 13.9 Å². The molecular formula is C21H28N2O6S. The smallest absolute Gasteiger partial charge is 0.287 e. The lowest BCUT2D eigenvalue weighted by atomic mass is 10.1. The first kappa shape index (κ1) is 21.3. The second-order valence-corrected chi connectivity index (χ2v) is 9.95. The average molecular weight is 437 g/mol. The van der Waals surface area contributed by atoms with Gasteiger partial charge in [-0.3, -0.25) is 4.79 Å². The number of hydrogen-bond donors (Lipinski definition) is 1. The molecular weight excluding hydrogens is 408 g/mol. The first-order chi connectivity index (χ1) is 14.3. The monoisotopic (exact) mass is 436 g/mol. The third kappa shape index (κ3) is 3.75. The van der Waals surface area contributed by atoms with Crippen molar-refractivity contribution in [2.75, 3.05) is 26.3 Å². The Hall–Kier alpha value is -1.94. The van der Waals surface area contributed by atoms with Crippen LogP contribution in [0.3, 0.4) is 0 Å². The molecule has 1 atom stereocenters. The quantitative estimate of drug-likeness (QED) is 0.774. The maximum atomic E-state index is 13.2. The molecule has 0 radical (unpaired) electrons. The summed E-state index contributed by atoms with van der Waals surface area (Å²) in [4.78, 5) is 12.7. The fraction of sp³-hybridized carbons (Fsp3) is 0.571. The Labute approximate surface area is 176 Å². The van der Waals surface area contributed by atoms with Crippen LogP contribution in [0.15, 0.2) is 27.5 Å². The van der Waals surface area contributed by atoms with Gasteiger partial charge in [0, 0.05) is 42.9 Å². The van der Waals surface area contributed by atoms with Gasteiger partial charge < -0.3 is 19.2 Å². The summed E-state index contributed by atoms with van der Waals surface area (Å²) >= 11 is 0. The number of piperidine rings is 1. The molecule has 1 spiro atoms. The number of benzene rings is 1. The van der Waals surface area contributed by atoms with Gasteiger partial charge in [-0.1, -0.05) is 6.92 Å². The minimum Gasteiger partial charge on any atom is -0.451 e. The molecule has 2 saturated heterocycles. The largest absolute Gasteiger partial charge is 0.451 e. The molecule has 2 aliphatic rings. The van der Waals surface area contributed by atoms with Crippen LogP contribution in [0.5, 0.6) is 0 Å². The van der Waals surface area contributed by atoms with Crippen molar-refractivity contribution in [2.24, 2.45) is 0 Å². The van der Waals surface area contributed by atoms with Crippen LogP contribution in [0, 0.1) is 6.92 Å². The number of ether oxygens (including phenoxy) is 2. The van der Waals surface area contributed by atoms with Crippen LogP contribution in [0.1, 0.15) is 49.2 Å². The Bertz CT molecular complexity index is 1040. The molecule has 164 valence electrons. The standard InChI is InChI=1S/C21H28N2O6S/c1-4-14(2)22-20(24)19-15(3)17-13-16(5-6-18(17)29-19)30(25,26)23-9-7-21(8-10-23)27-11-12-28-21/h5-6,13-14H,4,7-12H2,1-3H3,(H,22,24)/t14-/m1/s1. The molecule has 9 heteroatoms. The van der Waals surface area contributed by atoms with Gasteiger partial charge in [0.15, 0.2) is 11.5 Å². The number of fused-ring (bicyclic) bond motifs is 1. The predicted octanol–water partition coefficient (Wildman–Crippen LogP) is 2.80. The van der Waals surface area contributed by atoms with Crippen molar-refractivity contribution >= 4 is 26.9 Å². The summed E-state index contributed by atoms with van der Waals surface area (Å²) in [6, 6.07) is 4.76. The zero-order chi connectivity index (χ0) is 21.5. The van der Waals surface area contributed by atoms with E-state index in [0.29, 0.717) is 55.7 Å². The molecule has 0 bridgehead atoms. The van der Waals surface area contributed by atoms with Gasteiger partial charge >= 0.3 is 0 Å². The zero-order valence-corrected chi connectivity index (χ0v) is 18.4. The van der Waals surface area contributed by atoms with Crippen LogP contribution >= 0.6 is 0 Å². The van der Waals surface area contributed by atoms with Crippen molar-refractivity contribution < 1.29 is 27.1 Å². The van der Waals surface area contributed by atoms with Crippen LogP contribution in [-0.4, -0.2) is 56.8 Å². The zero-order valence-electron chi connectivity index (χ0n) is 17.6. The lowest BCUT2D eigenvalue weighted by Crippen LogP contribution is -2.47. The molecule has 2 fully saturated rings. The van der Waals surface area contributed by atoms with Crippen LogP contribution in [-0.2, 0) is 19.5 Å². The van der Waals surface area contributed by atoms with E-state index in [1.165, 1.54) is 10.4 Å². The van der Waals surface area contributed by atoms with Gasteiger partial charge in [0.2, 0.25) is 10.0 Å². The Kier molecular flexibility index (Phi) is 5.65. The van der Waals surface area contributed by atoms with E-state index in [9.17, 15) is 13.2 Å². The molecule has 0 aliphatic carbocycles. The number of hydrogen-bond acceptors (Lipinski definition) is 6. The number of sulfonamides is 1. The molecule has 2 aromatic rings.